The predicted octanol–water partition coefficient (Wildman–Crippen LogP) is 3.15. The zero-order valence-electron chi connectivity index (χ0n) is 12.0. The molecule has 0 saturated carbocycles. The normalized spacial score (nSPS) is 20.6. The van der Waals surface area contributed by atoms with Crippen molar-refractivity contribution in [3.8, 4) is 0 Å². The summed E-state index contributed by atoms with van der Waals surface area (Å²) in [6.07, 6.45) is 3.63. The van der Waals surface area contributed by atoms with Gasteiger partial charge in [-0.1, -0.05) is 35.7 Å². The van der Waals surface area contributed by atoms with Crippen LogP contribution in [0, 0.1) is 0 Å². The summed E-state index contributed by atoms with van der Waals surface area (Å²) in [5, 5.41) is 3.45. The first-order valence-electron chi connectivity index (χ1n) is 7.09. The molecule has 1 aliphatic heterocycles. The van der Waals surface area contributed by atoms with Crippen LogP contribution in [-0.2, 0) is 10.0 Å². The SMILES string of the molecule is CNCCC1CCCCN1S(=O)(=O)c1cccc(Cl)c1Cl. The molecule has 0 radical (unpaired) electrons. The summed E-state index contributed by atoms with van der Waals surface area (Å²) >= 11 is 12.1. The molecule has 1 atom stereocenters. The van der Waals surface area contributed by atoms with E-state index in [1.54, 1.807) is 16.4 Å². The zero-order chi connectivity index (χ0) is 15.5. The van der Waals surface area contributed by atoms with Gasteiger partial charge in [-0.2, -0.15) is 4.31 Å². The molecule has 1 aliphatic rings. The highest BCUT2D eigenvalue weighted by Crippen LogP contribution is 2.34. The Kier molecular flexibility index (Phi) is 5.91. The molecule has 118 valence electrons. The molecule has 1 saturated heterocycles. The van der Waals surface area contributed by atoms with Gasteiger partial charge in [-0.3, -0.25) is 0 Å². The van der Waals surface area contributed by atoms with Gasteiger partial charge in [0.15, 0.2) is 0 Å². The molecule has 1 aromatic rings. The van der Waals surface area contributed by atoms with Crippen LogP contribution in [0.1, 0.15) is 25.7 Å². The van der Waals surface area contributed by atoms with E-state index in [0.29, 0.717) is 6.54 Å². The molecule has 21 heavy (non-hydrogen) atoms. The molecule has 1 heterocycles. The lowest BCUT2D eigenvalue weighted by Gasteiger charge is -2.35. The third-order valence-corrected chi connectivity index (χ3v) is 6.73. The molecule has 0 spiro atoms. The van der Waals surface area contributed by atoms with Crippen molar-refractivity contribution >= 4 is 33.2 Å². The van der Waals surface area contributed by atoms with Crippen molar-refractivity contribution in [2.75, 3.05) is 20.1 Å². The molecular weight excluding hydrogens is 331 g/mol. The van der Waals surface area contributed by atoms with Crippen molar-refractivity contribution in [1.29, 1.82) is 0 Å². The second-order valence-electron chi connectivity index (χ2n) is 5.21. The smallest absolute Gasteiger partial charge is 0.244 e. The second kappa shape index (κ2) is 7.29. The first kappa shape index (κ1) is 17.0. The second-order valence-corrected chi connectivity index (χ2v) is 7.85. The Labute approximate surface area is 136 Å². The van der Waals surface area contributed by atoms with E-state index in [1.165, 1.54) is 6.07 Å². The Morgan fingerprint density at radius 2 is 2.10 bits per heavy atom. The first-order valence-corrected chi connectivity index (χ1v) is 9.28. The summed E-state index contributed by atoms with van der Waals surface area (Å²) in [4.78, 5) is 0.105. The fourth-order valence-electron chi connectivity index (χ4n) is 2.70. The van der Waals surface area contributed by atoms with Gasteiger partial charge < -0.3 is 5.32 Å². The highest BCUT2D eigenvalue weighted by atomic mass is 35.5. The van der Waals surface area contributed by atoms with Crippen LogP contribution in [-0.4, -0.2) is 38.9 Å². The van der Waals surface area contributed by atoms with Crippen molar-refractivity contribution in [3.63, 3.8) is 0 Å². The van der Waals surface area contributed by atoms with Crippen LogP contribution in [0.3, 0.4) is 0 Å². The van der Waals surface area contributed by atoms with Gasteiger partial charge in [-0.15, -0.1) is 0 Å². The fraction of sp³-hybridized carbons (Fsp3) is 0.571. The number of halogens is 2. The minimum Gasteiger partial charge on any atom is -0.320 e. The number of rotatable bonds is 5. The molecule has 0 amide bonds. The molecule has 1 fully saturated rings. The fourth-order valence-corrected chi connectivity index (χ4v) is 5.16. The average molecular weight is 351 g/mol. The van der Waals surface area contributed by atoms with Crippen molar-refractivity contribution in [2.45, 2.75) is 36.6 Å². The van der Waals surface area contributed by atoms with Crippen LogP contribution >= 0.6 is 23.2 Å². The average Bonchev–Trinajstić information content (AvgIpc) is 2.48. The molecular formula is C14H20Cl2N2O2S. The van der Waals surface area contributed by atoms with E-state index in [1.807, 2.05) is 7.05 Å². The molecule has 0 aromatic heterocycles. The van der Waals surface area contributed by atoms with Crippen LogP contribution in [0.4, 0.5) is 0 Å². The molecule has 1 unspecified atom stereocenters. The standard InChI is InChI=1S/C14H20Cl2N2O2S/c1-17-9-8-11-5-2-3-10-18(11)21(19,20)13-7-4-6-12(15)14(13)16/h4,6-7,11,17H,2-3,5,8-10H2,1H3. The molecule has 2 rings (SSSR count). The number of hydrogen-bond acceptors (Lipinski definition) is 3. The summed E-state index contributed by atoms with van der Waals surface area (Å²) < 4.78 is 27.4. The van der Waals surface area contributed by atoms with E-state index < -0.39 is 10.0 Å². The predicted molar refractivity (Wildman–Crippen MR) is 86.5 cm³/mol. The van der Waals surface area contributed by atoms with Crippen LogP contribution in [0.25, 0.3) is 0 Å². The van der Waals surface area contributed by atoms with E-state index in [9.17, 15) is 8.42 Å². The van der Waals surface area contributed by atoms with E-state index in [-0.39, 0.29) is 21.0 Å². The Morgan fingerprint density at radius 3 is 2.81 bits per heavy atom. The van der Waals surface area contributed by atoms with Gasteiger partial charge >= 0.3 is 0 Å². The number of nitrogens with zero attached hydrogens (tertiary/aromatic N) is 1. The highest BCUT2D eigenvalue weighted by Gasteiger charge is 2.34. The van der Waals surface area contributed by atoms with Crippen molar-refractivity contribution in [1.82, 2.24) is 9.62 Å². The zero-order valence-corrected chi connectivity index (χ0v) is 14.3. The number of hydrogen-bond donors (Lipinski definition) is 1. The number of piperidine rings is 1. The topological polar surface area (TPSA) is 49.4 Å². The van der Waals surface area contributed by atoms with E-state index in [0.717, 1.165) is 32.2 Å². The number of sulfonamides is 1. The van der Waals surface area contributed by atoms with Gasteiger partial charge in [0, 0.05) is 12.6 Å². The third-order valence-electron chi connectivity index (χ3n) is 3.80. The van der Waals surface area contributed by atoms with Gasteiger partial charge in [0.2, 0.25) is 10.0 Å². The summed E-state index contributed by atoms with van der Waals surface area (Å²) in [5.74, 6) is 0. The maximum Gasteiger partial charge on any atom is 0.244 e. The Bertz CT molecular complexity index is 593. The molecule has 1 N–H and O–H groups in total. The highest BCUT2D eigenvalue weighted by molar-refractivity contribution is 7.89. The Hall–Kier alpha value is -0.330. The third kappa shape index (κ3) is 3.71. The largest absolute Gasteiger partial charge is 0.320 e. The lowest BCUT2D eigenvalue weighted by atomic mass is 10.0. The van der Waals surface area contributed by atoms with Crippen molar-refractivity contribution in [3.05, 3.63) is 28.2 Å². The minimum absolute atomic E-state index is 0.0197. The molecule has 1 aromatic carbocycles. The summed E-state index contributed by atoms with van der Waals surface area (Å²) in [5.41, 5.74) is 0. The van der Waals surface area contributed by atoms with E-state index >= 15 is 0 Å². The summed E-state index contributed by atoms with van der Waals surface area (Å²) in [6, 6.07) is 4.75. The van der Waals surface area contributed by atoms with Gasteiger partial charge in [0.25, 0.3) is 0 Å². The van der Waals surface area contributed by atoms with E-state index in [2.05, 4.69) is 5.32 Å². The maximum atomic E-state index is 12.9. The van der Waals surface area contributed by atoms with Crippen LogP contribution in [0.5, 0.6) is 0 Å². The number of benzene rings is 1. The molecule has 4 nitrogen and oxygen atoms in total. The molecule has 0 bridgehead atoms. The van der Waals surface area contributed by atoms with Gasteiger partial charge in [-0.05, 0) is 45.0 Å². The Morgan fingerprint density at radius 1 is 1.33 bits per heavy atom. The monoisotopic (exact) mass is 350 g/mol. The lowest BCUT2D eigenvalue weighted by Crippen LogP contribution is -2.44. The summed E-state index contributed by atoms with van der Waals surface area (Å²) in [7, 11) is -1.74. The van der Waals surface area contributed by atoms with Crippen LogP contribution in [0.2, 0.25) is 10.0 Å². The maximum absolute atomic E-state index is 12.9. The van der Waals surface area contributed by atoms with Crippen LogP contribution in [0.15, 0.2) is 23.1 Å². The Balaban J connectivity index is 2.34. The first-order chi connectivity index (χ1) is 9.98. The molecule has 0 aliphatic carbocycles. The minimum atomic E-state index is -3.61. The van der Waals surface area contributed by atoms with Crippen LogP contribution < -0.4 is 5.32 Å². The quantitative estimate of drug-likeness (QED) is 0.887. The lowest BCUT2D eigenvalue weighted by molar-refractivity contribution is 0.240. The van der Waals surface area contributed by atoms with Gasteiger partial charge in [0.05, 0.1) is 10.0 Å². The van der Waals surface area contributed by atoms with Crippen molar-refractivity contribution < 1.29 is 8.42 Å². The number of nitrogens with one attached hydrogen (secondary N) is 1. The van der Waals surface area contributed by atoms with Gasteiger partial charge in [0.1, 0.15) is 4.90 Å². The molecule has 7 heteroatoms. The van der Waals surface area contributed by atoms with E-state index in [4.69, 9.17) is 23.2 Å². The summed E-state index contributed by atoms with van der Waals surface area (Å²) in [6.45, 7) is 1.33. The van der Waals surface area contributed by atoms with Crippen molar-refractivity contribution in [2.24, 2.45) is 0 Å². The van der Waals surface area contributed by atoms with Gasteiger partial charge in [-0.25, -0.2) is 8.42 Å².